The molecule has 0 aliphatic rings. The second-order valence-electron chi connectivity index (χ2n) is 3.64. The zero-order chi connectivity index (χ0) is 13.7. The summed E-state index contributed by atoms with van der Waals surface area (Å²) >= 11 is 7.44. The number of nitrogens with one attached hydrogen (secondary N) is 1. The summed E-state index contributed by atoms with van der Waals surface area (Å²) in [7, 11) is 1.59. The molecule has 1 aromatic heterocycles. The SMILES string of the molecule is COCc1nc(NN)cc(Sc2cccc(Cl)c2)n1. The predicted octanol–water partition coefficient (Wildman–Crippen LogP) is 2.71. The van der Waals surface area contributed by atoms with E-state index in [4.69, 9.17) is 22.2 Å². The van der Waals surface area contributed by atoms with Crippen LogP contribution in [0.4, 0.5) is 5.82 Å². The third kappa shape index (κ3) is 4.07. The number of halogens is 1. The number of hydrazine groups is 1. The van der Waals surface area contributed by atoms with Gasteiger partial charge in [-0.15, -0.1) is 0 Å². The van der Waals surface area contributed by atoms with E-state index in [9.17, 15) is 0 Å². The molecule has 1 aromatic carbocycles. The summed E-state index contributed by atoms with van der Waals surface area (Å²) in [5.74, 6) is 6.51. The molecular weight excluding hydrogens is 284 g/mol. The molecule has 1 heterocycles. The number of hydrogen-bond donors (Lipinski definition) is 2. The van der Waals surface area contributed by atoms with E-state index in [2.05, 4.69) is 15.4 Å². The van der Waals surface area contributed by atoms with Gasteiger partial charge in [0.15, 0.2) is 5.82 Å². The number of benzene rings is 1. The monoisotopic (exact) mass is 296 g/mol. The van der Waals surface area contributed by atoms with Gasteiger partial charge in [0.2, 0.25) is 0 Å². The third-order valence-corrected chi connectivity index (χ3v) is 3.33. The van der Waals surface area contributed by atoms with Crippen LogP contribution >= 0.6 is 23.4 Å². The largest absolute Gasteiger partial charge is 0.377 e. The van der Waals surface area contributed by atoms with Gasteiger partial charge in [0.05, 0.1) is 0 Å². The van der Waals surface area contributed by atoms with E-state index >= 15 is 0 Å². The van der Waals surface area contributed by atoms with Crippen molar-refractivity contribution in [2.75, 3.05) is 12.5 Å². The van der Waals surface area contributed by atoms with Gasteiger partial charge in [-0.3, -0.25) is 0 Å². The number of nitrogens with two attached hydrogens (primary N) is 1. The highest BCUT2D eigenvalue weighted by Gasteiger charge is 2.06. The van der Waals surface area contributed by atoms with E-state index in [1.807, 2.05) is 24.3 Å². The highest BCUT2D eigenvalue weighted by molar-refractivity contribution is 7.99. The van der Waals surface area contributed by atoms with Crippen LogP contribution in [0.3, 0.4) is 0 Å². The Balaban J connectivity index is 2.26. The predicted molar refractivity (Wildman–Crippen MR) is 76.1 cm³/mol. The molecule has 19 heavy (non-hydrogen) atoms. The molecular formula is C12H13ClN4OS. The first kappa shape index (κ1) is 14.1. The minimum Gasteiger partial charge on any atom is -0.377 e. The van der Waals surface area contributed by atoms with Crippen molar-refractivity contribution in [1.82, 2.24) is 9.97 Å². The molecule has 5 nitrogen and oxygen atoms in total. The molecule has 3 N–H and O–H groups in total. The summed E-state index contributed by atoms with van der Waals surface area (Å²) in [6.07, 6.45) is 0. The van der Waals surface area contributed by atoms with Crippen molar-refractivity contribution in [1.29, 1.82) is 0 Å². The molecule has 0 unspecified atom stereocenters. The Kier molecular flexibility index (Phi) is 4.98. The molecule has 100 valence electrons. The number of anilines is 1. The molecule has 0 bridgehead atoms. The van der Waals surface area contributed by atoms with E-state index in [0.29, 0.717) is 23.3 Å². The molecule has 0 aliphatic carbocycles. The summed E-state index contributed by atoms with van der Waals surface area (Å²) < 4.78 is 5.03. The number of methoxy groups -OCH3 is 1. The fourth-order valence-electron chi connectivity index (χ4n) is 1.44. The number of nitrogens with zero attached hydrogens (tertiary/aromatic N) is 2. The number of rotatable bonds is 5. The second-order valence-corrected chi connectivity index (χ2v) is 5.17. The number of ether oxygens (including phenoxy) is 1. The van der Waals surface area contributed by atoms with Crippen LogP contribution < -0.4 is 11.3 Å². The Morgan fingerprint density at radius 3 is 2.89 bits per heavy atom. The third-order valence-electron chi connectivity index (χ3n) is 2.19. The lowest BCUT2D eigenvalue weighted by Gasteiger charge is -2.07. The Bertz CT molecular complexity index is 567. The lowest BCUT2D eigenvalue weighted by atomic mass is 10.4. The lowest BCUT2D eigenvalue weighted by Crippen LogP contribution is -2.11. The average molecular weight is 297 g/mol. The van der Waals surface area contributed by atoms with Gasteiger partial charge in [-0.1, -0.05) is 29.4 Å². The topological polar surface area (TPSA) is 73.1 Å². The maximum Gasteiger partial charge on any atom is 0.157 e. The van der Waals surface area contributed by atoms with Crippen LogP contribution in [-0.2, 0) is 11.3 Å². The van der Waals surface area contributed by atoms with Crippen LogP contribution in [0.5, 0.6) is 0 Å². The van der Waals surface area contributed by atoms with Gasteiger partial charge in [0, 0.05) is 23.1 Å². The van der Waals surface area contributed by atoms with Gasteiger partial charge in [-0.25, -0.2) is 15.8 Å². The van der Waals surface area contributed by atoms with Crippen LogP contribution in [0.25, 0.3) is 0 Å². The number of hydrogen-bond acceptors (Lipinski definition) is 6. The quantitative estimate of drug-likeness (QED) is 0.502. The first-order chi connectivity index (χ1) is 9.21. The summed E-state index contributed by atoms with van der Waals surface area (Å²) in [6, 6.07) is 9.33. The molecule has 0 saturated heterocycles. The van der Waals surface area contributed by atoms with Gasteiger partial charge < -0.3 is 10.2 Å². The molecule has 0 radical (unpaired) electrons. The molecule has 0 fully saturated rings. The fourth-order valence-corrected chi connectivity index (χ4v) is 2.59. The fraction of sp³-hybridized carbons (Fsp3) is 0.167. The van der Waals surface area contributed by atoms with Crippen molar-refractivity contribution in [3.8, 4) is 0 Å². The van der Waals surface area contributed by atoms with Crippen LogP contribution in [0.1, 0.15) is 5.82 Å². The molecule has 2 aromatic rings. The highest BCUT2D eigenvalue weighted by atomic mass is 35.5. The van der Waals surface area contributed by atoms with Gasteiger partial charge in [-0.2, -0.15) is 0 Å². The van der Waals surface area contributed by atoms with Gasteiger partial charge >= 0.3 is 0 Å². The first-order valence-electron chi connectivity index (χ1n) is 5.48. The van der Waals surface area contributed by atoms with Crippen molar-refractivity contribution in [2.45, 2.75) is 16.5 Å². The minimum absolute atomic E-state index is 0.332. The zero-order valence-corrected chi connectivity index (χ0v) is 11.8. The van der Waals surface area contributed by atoms with E-state index in [1.165, 1.54) is 11.8 Å². The van der Waals surface area contributed by atoms with E-state index in [-0.39, 0.29) is 0 Å². The van der Waals surface area contributed by atoms with Gasteiger partial charge in [-0.05, 0) is 18.2 Å². The van der Waals surface area contributed by atoms with Crippen molar-refractivity contribution in [3.05, 3.63) is 41.2 Å². The van der Waals surface area contributed by atoms with Crippen LogP contribution in [0, 0.1) is 0 Å². The number of nitrogen functional groups attached to an aromatic ring is 1. The molecule has 0 saturated carbocycles. The molecule has 7 heteroatoms. The Morgan fingerprint density at radius 2 is 2.21 bits per heavy atom. The first-order valence-corrected chi connectivity index (χ1v) is 6.67. The average Bonchev–Trinajstić information content (AvgIpc) is 2.39. The summed E-state index contributed by atoms with van der Waals surface area (Å²) in [5, 5.41) is 1.46. The minimum atomic E-state index is 0.332. The zero-order valence-electron chi connectivity index (χ0n) is 10.3. The maximum absolute atomic E-state index is 5.95. The Labute approximate surface area is 120 Å². The van der Waals surface area contributed by atoms with Crippen LogP contribution in [0.2, 0.25) is 5.02 Å². The van der Waals surface area contributed by atoms with Gasteiger partial charge in [0.1, 0.15) is 17.5 Å². The van der Waals surface area contributed by atoms with Crippen molar-refractivity contribution >= 4 is 29.2 Å². The van der Waals surface area contributed by atoms with E-state index in [1.54, 1.807) is 13.2 Å². The highest BCUT2D eigenvalue weighted by Crippen LogP contribution is 2.29. The number of aromatic nitrogens is 2. The molecule has 2 rings (SSSR count). The van der Waals surface area contributed by atoms with Gasteiger partial charge in [0.25, 0.3) is 0 Å². The molecule has 0 atom stereocenters. The van der Waals surface area contributed by atoms with E-state index in [0.717, 1.165) is 9.92 Å². The van der Waals surface area contributed by atoms with E-state index < -0.39 is 0 Å². The summed E-state index contributed by atoms with van der Waals surface area (Å²) in [6.45, 7) is 0.332. The van der Waals surface area contributed by atoms with Crippen LogP contribution in [-0.4, -0.2) is 17.1 Å². The summed E-state index contributed by atoms with van der Waals surface area (Å²) in [4.78, 5) is 9.57. The standard InChI is InChI=1S/C12H13ClN4OS/c1-18-7-11-15-10(17-14)6-12(16-11)19-9-4-2-3-8(13)5-9/h2-6H,7,14H2,1H3,(H,15,16,17). The Hall–Kier alpha value is -1.34. The molecule has 0 spiro atoms. The van der Waals surface area contributed by atoms with Crippen molar-refractivity contribution in [2.24, 2.45) is 5.84 Å². The summed E-state index contributed by atoms with van der Waals surface area (Å²) in [5.41, 5.74) is 2.52. The second kappa shape index (κ2) is 6.72. The smallest absolute Gasteiger partial charge is 0.157 e. The van der Waals surface area contributed by atoms with Crippen molar-refractivity contribution in [3.63, 3.8) is 0 Å². The molecule has 0 aliphatic heterocycles. The maximum atomic E-state index is 5.95. The van der Waals surface area contributed by atoms with Crippen LogP contribution in [0.15, 0.2) is 40.3 Å². The normalized spacial score (nSPS) is 10.5. The lowest BCUT2D eigenvalue weighted by molar-refractivity contribution is 0.177. The van der Waals surface area contributed by atoms with Crippen molar-refractivity contribution < 1.29 is 4.74 Å². The Morgan fingerprint density at radius 1 is 1.37 bits per heavy atom. The molecule has 0 amide bonds.